The van der Waals surface area contributed by atoms with Gasteiger partial charge in [0.15, 0.2) is 5.78 Å². The summed E-state index contributed by atoms with van der Waals surface area (Å²) in [5.41, 5.74) is 1.71. The summed E-state index contributed by atoms with van der Waals surface area (Å²) in [6.07, 6.45) is 1.73. The largest absolute Gasteiger partial charge is 0.293 e. The van der Waals surface area contributed by atoms with Gasteiger partial charge in [0.05, 0.1) is 0 Å². The molecule has 0 fully saturated rings. The Hall–Kier alpha value is -1.32. The smallest absolute Gasteiger partial charge is 0.178 e. The maximum atomic E-state index is 11.1. The fourth-order valence-corrected chi connectivity index (χ4v) is 2.36. The molecule has 0 radical (unpaired) electrons. The third-order valence-corrected chi connectivity index (χ3v) is 3.72. The summed E-state index contributed by atoms with van der Waals surface area (Å²) in [5.74, 6) is 0.849. The summed E-state index contributed by atoms with van der Waals surface area (Å²) in [4.78, 5) is 16.3. The van der Waals surface area contributed by atoms with Gasteiger partial charge in [-0.1, -0.05) is 23.7 Å². The number of ketones is 1. The molecule has 4 heteroatoms. The van der Waals surface area contributed by atoms with E-state index in [-0.39, 0.29) is 5.78 Å². The van der Waals surface area contributed by atoms with Crippen LogP contribution in [0.1, 0.15) is 23.0 Å². The van der Waals surface area contributed by atoms with Crippen LogP contribution >= 0.6 is 23.4 Å². The lowest BCUT2D eigenvalue weighted by atomic mass is 10.2. The molecular weight excluding hydrogens is 266 g/mol. The molecule has 0 aliphatic rings. The molecule has 18 heavy (non-hydrogen) atoms. The first-order valence-corrected chi connectivity index (χ1v) is 6.86. The number of nitrogens with zero attached hydrogens (tertiary/aromatic N) is 1. The van der Waals surface area contributed by atoms with Crippen LogP contribution in [0.5, 0.6) is 0 Å². The van der Waals surface area contributed by atoms with Crippen molar-refractivity contribution < 1.29 is 4.79 Å². The first-order valence-electron chi connectivity index (χ1n) is 5.49. The summed E-state index contributed by atoms with van der Waals surface area (Å²) < 4.78 is 0. The second-order valence-corrected chi connectivity index (χ2v) is 5.34. The van der Waals surface area contributed by atoms with Gasteiger partial charge in [-0.3, -0.25) is 9.78 Å². The van der Waals surface area contributed by atoms with Gasteiger partial charge in [-0.05, 0) is 29.8 Å². The lowest BCUT2D eigenvalue weighted by Crippen LogP contribution is -1.95. The number of rotatable bonds is 4. The summed E-state index contributed by atoms with van der Waals surface area (Å²) in [7, 11) is 0. The lowest BCUT2D eigenvalue weighted by Gasteiger charge is -2.02. The summed E-state index contributed by atoms with van der Waals surface area (Å²) in [6.45, 7) is 1.52. The number of Topliss-reactive ketones (excluding diaryl/α,β-unsaturated/α-hetero) is 1. The van der Waals surface area contributed by atoms with Crippen molar-refractivity contribution in [3.8, 4) is 0 Å². The SMILES string of the molecule is CC(=O)c1ccc(SCc2ccc(Cl)cc2)cn1. The molecule has 0 aliphatic heterocycles. The minimum absolute atomic E-state index is 0.00995. The Balaban J connectivity index is 1.97. The zero-order valence-electron chi connectivity index (χ0n) is 9.89. The van der Waals surface area contributed by atoms with Gasteiger partial charge in [0.1, 0.15) is 5.69 Å². The second-order valence-electron chi connectivity index (χ2n) is 3.85. The first kappa shape index (κ1) is 13.1. The Labute approximate surface area is 115 Å². The molecule has 1 aromatic heterocycles. The normalized spacial score (nSPS) is 10.3. The van der Waals surface area contributed by atoms with E-state index >= 15 is 0 Å². The van der Waals surface area contributed by atoms with E-state index in [2.05, 4.69) is 4.98 Å². The van der Waals surface area contributed by atoms with Crippen LogP contribution in [-0.2, 0) is 5.75 Å². The molecule has 0 amide bonds. The van der Waals surface area contributed by atoms with Gasteiger partial charge in [0, 0.05) is 28.8 Å². The Morgan fingerprint density at radius 3 is 2.50 bits per heavy atom. The highest BCUT2D eigenvalue weighted by molar-refractivity contribution is 7.98. The maximum absolute atomic E-state index is 11.1. The fourth-order valence-electron chi connectivity index (χ4n) is 1.42. The second kappa shape index (κ2) is 6.03. The average molecular weight is 278 g/mol. The maximum Gasteiger partial charge on any atom is 0.178 e. The van der Waals surface area contributed by atoms with E-state index in [0.29, 0.717) is 5.69 Å². The molecule has 92 valence electrons. The molecule has 0 aliphatic carbocycles. The summed E-state index contributed by atoms with van der Waals surface area (Å²) >= 11 is 7.51. The standard InChI is InChI=1S/C14H12ClNOS/c1-10(17)14-7-6-13(8-16-14)18-9-11-2-4-12(15)5-3-11/h2-8H,9H2,1H3. The molecule has 1 heterocycles. The minimum atomic E-state index is -0.00995. The highest BCUT2D eigenvalue weighted by Crippen LogP contribution is 2.23. The molecule has 0 saturated heterocycles. The van der Waals surface area contributed by atoms with Crippen molar-refractivity contribution in [1.82, 2.24) is 4.98 Å². The molecule has 0 saturated carbocycles. The summed E-state index contributed by atoms with van der Waals surface area (Å²) in [5, 5.41) is 0.747. The number of hydrogen-bond donors (Lipinski definition) is 0. The lowest BCUT2D eigenvalue weighted by molar-refractivity contribution is 0.101. The van der Waals surface area contributed by atoms with E-state index in [4.69, 9.17) is 11.6 Å². The highest BCUT2D eigenvalue weighted by Gasteiger charge is 2.01. The molecule has 1 aromatic carbocycles. The van der Waals surface area contributed by atoms with Gasteiger partial charge in [0.2, 0.25) is 0 Å². The monoisotopic (exact) mass is 277 g/mol. The number of carbonyl (C=O) groups is 1. The van der Waals surface area contributed by atoms with Crippen molar-refractivity contribution in [3.63, 3.8) is 0 Å². The van der Waals surface area contributed by atoms with E-state index in [9.17, 15) is 4.79 Å². The van der Waals surface area contributed by atoms with Gasteiger partial charge in [0.25, 0.3) is 0 Å². The van der Waals surface area contributed by atoms with Crippen molar-refractivity contribution >= 4 is 29.1 Å². The molecule has 0 atom stereocenters. The van der Waals surface area contributed by atoms with Crippen molar-refractivity contribution in [2.24, 2.45) is 0 Å². The van der Waals surface area contributed by atoms with Gasteiger partial charge in [-0.2, -0.15) is 0 Å². The molecule has 0 unspecified atom stereocenters. The number of halogens is 1. The number of benzene rings is 1. The number of thioether (sulfide) groups is 1. The third-order valence-electron chi connectivity index (χ3n) is 2.42. The van der Waals surface area contributed by atoms with Crippen molar-refractivity contribution in [1.29, 1.82) is 0 Å². The highest BCUT2D eigenvalue weighted by atomic mass is 35.5. The van der Waals surface area contributed by atoms with E-state index in [1.807, 2.05) is 30.3 Å². The van der Waals surface area contributed by atoms with E-state index in [1.165, 1.54) is 12.5 Å². The predicted molar refractivity (Wildman–Crippen MR) is 75.3 cm³/mol. The van der Waals surface area contributed by atoms with Crippen LogP contribution in [0.4, 0.5) is 0 Å². The zero-order valence-corrected chi connectivity index (χ0v) is 11.5. The molecular formula is C14H12ClNOS. The van der Waals surface area contributed by atoms with Gasteiger partial charge in [-0.15, -0.1) is 11.8 Å². The minimum Gasteiger partial charge on any atom is -0.293 e. The first-order chi connectivity index (χ1) is 8.65. The molecule has 0 spiro atoms. The van der Waals surface area contributed by atoms with Crippen LogP contribution in [0.3, 0.4) is 0 Å². The van der Waals surface area contributed by atoms with Crippen molar-refractivity contribution in [3.05, 3.63) is 58.9 Å². The van der Waals surface area contributed by atoms with E-state index in [0.717, 1.165) is 15.7 Å². The number of pyridine rings is 1. The zero-order chi connectivity index (χ0) is 13.0. The number of hydrogen-bond acceptors (Lipinski definition) is 3. The topological polar surface area (TPSA) is 30.0 Å². The molecule has 2 aromatic rings. The Bertz CT molecular complexity index is 537. The van der Waals surface area contributed by atoms with Crippen LogP contribution in [0.25, 0.3) is 0 Å². The quantitative estimate of drug-likeness (QED) is 0.619. The fraction of sp³-hybridized carbons (Fsp3) is 0.143. The van der Waals surface area contributed by atoms with Crippen molar-refractivity contribution in [2.75, 3.05) is 0 Å². The van der Waals surface area contributed by atoms with E-state index < -0.39 is 0 Å². The number of aromatic nitrogens is 1. The van der Waals surface area contributed by atoms with Crippen LogP contribution in [0.15, 0.2) is 47.5 Å². The molecule has 0 N–H and O–H groups in total. The predicted octanol–water partition coefficient (Wildman–Crippen LogP) is 4.23. The van der Waals surface area contributed by atoms with Gasteiger partial charge in [-0.25, -0.2) is 0 Å². The van der Waals surface area contributed by atoms with E-state index in [1.54, 1.807) is 24.0 Å². The number of carbonyl (C=O) groups excluding carboxylic acids is 1. The van der Waals surface area contributed by atoms with Crippen LogP contribution in [0.2, 0.25) is 5.02 Å². The Kier molecular flexibility index (Phi) is 4.39. The van der Waals surface area contributed by atoms with Crippen LogP contribution in [-0.4, -0.2) is 10.8 Å². The summed E-state index contributed by atoms with van der Waals surface area (Å²) in [6, 6.07) is 11.5. The van der Waals surface area contributed by atoms with Crippen LogP contribution < -0.4 is 0 Å². The molecule has 2 nitrogen and oxygen atoms in total. The Morgan fingerprint density at radius 2 is 1.94 bits per heavy atom. The van der Waals surface area contributed by atoms with Crippen LogP contribution in [0, 0.1) is 0 Å². The molecule has 2 rings (SSSR count). The van der Waals surface area contributed by atoms with Gasteiger partial charge >= 0.3 is 0 Å². The van der Waals surface area contributed by atoms with Crippen molar-refractivity contribution in [2.45, 2.75) is 17.6 Å². The van der Waals surface area contributed by atoms with Gasteiger partial charge < -0.3 is 0 Å². The average Bonchev–Trinajstić information content (AvgIpc) is 2.38. The molecule has 0 bridgehead atoms. The Morgan fingerprint density at radius 1 is 1.22 bits per heavy atom. The third kappa shape index (κ3) is 3.59.